The monoisotopic (exact) mass is 310 g/mol. The van der Waals surface area contributed by atoms with E-state index >= 15 is 0 Å². The molecule has 2 aromatic carbocycles. The van der Waals surface area contributed by atoms with Crippen LogP contribution in [0.3, 0.4) is 0 Å². The first-order valence-corrected chi connectivity index (χ1v) is 7.74. The Hall–Kier alpha value is -2.46. The van der Waals surface area contributed by atoms with Gasteiger partial charge in [0.05, 0.1) is 18.3 Å². The molecule has 0 saturated carbocycles. The molecule has 0 amide bonds. The molecule has 0 spiro atoms. The Bertz CT molecular complexity index is 797. The summed E-state index contributed by atoms with van der Waals surface area (Å²) in [5.74, 6) is -0.235. The average Bonchev–Trinajstić information content (AvgIpc) is 3.04. The molecule has 3 nitrogen and oxygen atoms in total. The van der Waals surface area contributed by atoms with Crippen molar-refractivity contribution >= 4 is 0 Å². The summed E-state index contributed by atoms with van der Waals surface area (Å²) in [5, 5.41) is 14.2. The number of hydrogen-bond donors (Lipinski definition) is 1. The standard InChI is InChI=1S/C19H19FN2O/c1-2-16(23)13-22-11-10-19(21-22)15-7-5-6-14(12-15)17-8-3-4-9-18(17)20/h3-12,16,23H,2,13H2,1H3. The number of aromatic nitrogens is 2. The van der Waals surface area contributed by atoms with Gasteiger partial charge < -0.3 is 5.11 Å². The van der Waals surface area contributed by atoms with Crippen molar-refractivity contribution in [2.45, 2.75) is 26.0 Å². The molecule has 0 aliphatic rings. The molecule has 0 aliphatic heterocycles. The SMILES string of the molecule is CCC(O)Cn1ccc(-c2cccc(-c3ccccc3F)c2)n1. The first-order valence-electron chi connectivity index (χ1n) is 7.74. The first-order chi connectivity index (χ1) is 11.2. The molecule has 1 unspecified atom stereocenters. The lowest BCUT2D eigenvalue weighted by Gasteiger charge is -2.07. The van der Waals surface area contributed by atoms with Crippen molar-refractivity contribution in [3.8, 4) is 22.4 Å². The zero-order chi connectivity index (χ0) is 16.2. The van der Waals surface area contributed by atoms with Gasteiger partial charge >= 0.3 is 0 Å². The molecule has 1 aromatic heterocycles. The van der Waals surface area contributed by atoms with E-state index in [-0.39, 0.29) is 5.82 Å². The summed E-state index contributed by atoms with van der Waals surface area (Å²) >= 11 is 0. The molecule has 118 valence electrons. The van der Waals surface area contributed by atoms with Gasteiger partial charge in [-0.05, 0) is 30.2 Å². The van der Waals surface area contributed by atoms with Crippen LogP contribution in [-0.2, 0) is 6.54 Å². The highest BCUT2D eigenvalue weighted by Gasteiger charge is 2.09. The third-order valence-electron chi connectivity index (χ3n) is 3.85. The Kier molecular flexibility index (Phi) is 4.53. The predicted octanol–water partition coefficient (Wildman–Crippen LogP) is 4.13. The summed E-state index contributed by atoms with van der Waals surface area (Å²) < 4.78 is 15.7. The molecule has 23 heavy (non-hydrogen) atoms. The number of aliphatic hydroxyl groups is 1. The number of nitrogens with zero attached hydrogens (tertiary/aromatic N) is 2. The topological polar surface area (TPSA) is 38.0 Å². The molecule has 0 fully saturated rings. The lowest BCUT2D eigenvalue weighted by atomic mass is 10.0. The van der Waals surface area contributed by atoms with Crippen molar-refractivity contribution in [1.29, 1.82) is 0 Å². The highest BCUT2D eigenvalue weighted by atomic mass is 19.1. The van der Waals surface area contributed by atoms with Crippen molar-refractivity contribution in [3.05, 3.63) is 66.6 Å². The van der Waals surface area contributed by atoms with Gasteiger partial charge in [-0.3, -0.25) is 4.68 Å². The summed E-state index contributed by atoms with van der Waals surface area (Å²) in [6.45, 7) is 2.41. The fraction of sp³-hybridized carbons (Fsp3) is 0.211. The van der Waals surface area contributed by atoms with Crippen molar-refractivity contribution in [1.82, 2.24) is 9.78 Å². The number of benzene rings is 2. The van der Waals surface area contributed by atoms with Crippen LogP contribution in [0, 0.1) is 5.82 Å². The van der Waals surface area contributed by atoms with E-state index in [1.165, 1.54) is 6.07 Å². The van der Waals surface area contributed by atoms with Gasteiger partial charge in [-0.1, -0.05) is 43.3 Å². The molecule has 4 heteroatoms. The second-order valence-electron chi connectivity index (χ2n) is 5.55. The lowest BCUT2D eigenvalue weighted by Crippen LogP contribution is -2.14. The van der Waals surface area contributed by atoms with Crippen LogP contribution in [-0.4, -0.2) is 21.0 Å². The minimum absolute atomic E-state index is 0.235. The van der Waals surface area contributed by atoms with Crippen LogP contribution in [0.2, 0.25) is 0 Å². The minimum Gasteiger partial charge on any atom is -0.391 e. The van der Waals surface area contributed by atoms with Crippen molar-refractivity contribution in [2.24, 2.45) is 0 Å². The second-order valence-corrected chi connectivity index (χ2v) is 5.55. The van der Waals surface area contributed by atoms with Gasteiger partial charge in [-0.25, -0.2) is 4.39 Å². The summed E-state index contributed by atoms with van der Waals surface area (Å²) in [7, 11) is 0. The maximum Gasteiger partial charge on any atom is 0.131 e. The Morgan fingerprint density at radius 3 is 2.65 bits per heavy atom. The Morgan fingerprint density at radius 1 is 1.09 bits per heavy atom. The van der Waals surface area contributed by atoms with E-state index in [0.717, 1.165) is 16.8 Å². The van der Waals surface area contributed by atoms with E-state index in [2.05, 4.69) is 5.10 Å². The molecule has 1 N–H and O–H groups in total. The summed E-state index contributed by atoms with van der Waals surface area (Å²) in [5.41, 5.74) is 3.14. The van der Waals surface area contributed by atoms with E-state index in [0.29, 0.717) is 18.5 Å². The maximum atomic E-state index is 13.9. The molecule has 1 heterocycles. The lowest BCUT2D eigenvalue weighted by molar-refractivity contribution is 0.145. The predicted molar refractivity (Wildman–Crippen MR) is 89.4 cm³/mol. The summed E-state index contributed by atoms with van der Waals surface area (Å²) in [4.78, 5) is 0. The third kappa shape index (κ3) is 3.48. The van der Waals surface area contributed by atoms with E-state index in [4.69, 9.17) is 0 Å². The molecular weight excluding hydrogens is 291 g/mol. The highest BCUT2D eigenvalue weighted by molar-refractivity contribution is 5.71. The van der Waals surface area contributed by atoms with Gasteiger partial charge in [-0.15, -0.1) is 0 Å². The quantitative estimate of drug-likeness (QED) is 0.769. The molecule has 0 aliphatic carbocycles. The zero-order valence-electron chi connectivity index (χ0n) is 13.0. The van der Waals surface area contributed by atoms with Gasteiger partial charge in [0, 0.05) is 17.3 Å². The Morgan fingerprint density at radius 2 is 1.87 bits per heavy atom. The molecule has 0 radical (unpaired) electrons. The molecule has 0 bridgehead atoms. The molecule has 3 rings (SSSR count). The average molecular weight is 310 g/mol. The number of aliphatic hydroxyl groups excluding tert-OH is 1. The number of halogens is 1. The van der Waals surface area contributed by atoms with Crippen LogP contribution in [0.4, 0.5) is 4.39 Å². The molecule has 3 aromatic rings. The maximum absolute atomic E-state index is 13.9. The van der Waals surface area contributed by atoms with Gasteiger partial charge in [0.1, 0.15) is 5.82 Å². The largest absolute Gasteiger partial charge is 0.391 e. The summed E-state index contributed by atoms with van der Waals surface area (Å²) in [6, 6.07) is 16.3. The Labute approximate surface area is 135 Å². The Balaban J connectivity index is 1.90. The van der Waals surface area contributed by atoms with Gasteiger partial charge in [-0.2, -0.15) is 5.10 Å². The van der Waals surface area contributed by atoms with Gasteiger partial charge in [0.15, 0.2) is 0 Å². The molecule has 0 saturated heterocycles. The van der Waals surface area contributed by atoms with Crippen molar-refractivity contribution in [3.63, 3.8) is 0 Å². The van der Waals surface area contributed by atoms with Crippen LogP contribution < -0.4 is 0 Å². The number of rotatable bonds is 5. The fourth-order valence-electron chi connectivity index (χ4n) is 2.50. The van der Waals surface area contributed by atoms with E-state index in [1.54, 1.807) is 16.8 Å². The minimum atomic E-state index is -0.396. The van der Waals surface area contributed by atoms with Crippen LogP contribution in [0.1, 0.15) is 13.3 Å². The molecule has 1 atom stereocenters. The van der Waals surface area contributed by atoms with Crippen LogP contribution in [0.25, 0.3) is 22.4 Å². The molecular formula is C19H19FN2O. The fourth-order valence-corrected chi connectivity index (χ4v) is 2.50. The smallest absolute Gasteiger partial charge is 0.131 e. The highest BCUT2D eigenvalue weighted by Crippen LogP contribution is 2.27. The van der Waals surface area contributed by atoms with E-state index in [1.807, 2.05) is 49.5 Å². The number of hydrogen-bond acceptors (Lipinski definition) is 2. The first kappa shape index (κ1) is 15.4. The van der Waals surface area contributed by atoms with E-state index < -0.39 is 6.10 Å². The van der Waals surface area contributed by atoms with Gasteiger partial charge in [0.2, 0.25) is 0 Å². The van der Waals surface area contributed by atoms with Crippen molar-refractivity contribution < 1.29 is 9.50 Å². The van der Waals surface area contributed by atoms with Crippen LogP contribution in [0.15, 0.2) is 60.8 Å². The summed E-state index contributed by atoms with van der Waals surface area (Å²) in [6.07, 6.45) is 2.15. The zero-order valence-corrected chi connectivity index (χ0v) is 13.0. The second kappa shape index (κ2) is 6.75. The van der Waals surface area contributed by atoms with Crippen LogP contribution >= 0.6 is 0 Å². The van der Waals surface area contributed by atoms with Crippen LogP contribution in [0.5, 0.6) is 0 Å². The third-order valence-corrected chi connectivity index (χ3v) is 3.85. The van der Waals surface area contributed by atoms with Gasteiger partial charge in [0.25, 0.3) is 0 Å². The van der Waals surface area contributed by atoms with Crippen molar-refractivity contribution in [2.75, 3.05) is 0 Å². The van der Waals surface area contributed by atoms with E-state index in [9.17, 15) is 9.50 Å². The normalized spacial score (nSPS) is 12.3.